The van der Waals surface area contributed by atoms with E-state index in [-0.39, 0.29) is 5.41 Å². The third-order valence-corrected chi connectivity index (χ3v) is 3.20. The zero-order chi connectivity index (χ0) is 11.5. The van der Waals surface area contributed by atoms with Gasteiger partial charge in [0.15, 0.2) is 0 Å². The number of ether oxygens (including phenoxy) is 1. The Morgan fingerprint density at radius 3 is 2.60 bits per heavy atom. The highest BCUT2D eigenvalue weighted by atomic mass is 79.9. The highest BCUT2D eigenvalue weighted by molar-refractivity contribution is 9.09. The van der Waals surface area contributed by atoms with Gasteiger partial charge in [-0.15, -0.1) is 0 Å². The van der Waals surface area contributed by atoms with Gasteiger partial charge in [-0.05, 0) is 11.5 Å². The van der Waals surface area contributed by atoms with Crippen LogP contribution in [-0.2, 0) is 16.6 Å². The van der Waals surface area contributed by atoms with E-state index >= 15 is 0 Å². The van der Waals surface area contributed by atoms with Crippen molar-refractivity contribution in [3.8, 4) is 0 Å². The van der Waals surface area contributed by atoms with E-state index in [2.05, 4.69) is 46.1 Å². The van der Waals surface area contributed by atoms with Crippen LogP contribution in [0.1, 0.15) is 31.6 Å². The molecule has 1 heterocycles. The van der Waals surface area contributed by atoms with Gasteiger partial charge in [0.1, 0.15) is 10.8 Å². The molecule has 0 bridgehead atoms. The molecular weight excluding hydrogens is 276 g/mol. The number of aromatic nitrogens is 2. The van der Waals surface area contributed by atoms with E-state index in [1.807, 2.05) is 0 Å². The van der Waals surface area contributed by atoms with Gasteiger partial charge in [-0.2, -0.15) is 4.37 Å². The van der Waals surface area contributed by atoms with Gasteiger partial charge in [-0.1, -0.05) is 36.7 Å². The van der Waals surface area contributed by atoms with Gasteiger partial charge in [0.2, 0.25) is 0 Å². The van der Waals surface area contributed by atoms with E-state index in [9.17, 15) is 0 Å². The average molecular weight is 293 g/mol. The molecule has 15 heavy (non-hydrogen) atoms. The van der Waals surface area contributed by atoms with E-state index in [4.69, 9.17) is 4.74 Å². The summed E-state index contributed by atoms with van der Waals surface area (Å²) in [5, 5.41) is 1.07. The van der Waals surface area contributed by atoms with Gasteiger partial charge < -0.3 is 4.74 Å². The SMILES string of the molecule is COCC(Br)Cc1nc(C(C)(C)C)ns1. The molecule has 0 aromatic carbocycles. The smallest absolute Gasteiger partial charge is 0.147 e. The van der Waals surface area contributed by atoms with Crippen molar-refractivity contribution in [2.45, 2.75) is 37.4 Å². The largest absolute Gasteiger partial charge is 0.384 e. The molecule has 0 fully saturated rings. The number of methoxy groups -OCH3 is 1. The fourth-order valence-corrected chi connectivity index (χ4v) is 2.77. The first-order valence-electron chi connectivity index (χ1n) is 4.89. The molecule has 0 saturated carbocycles. The molecule has 3 nitrogen and oxygen atoms in total. The number of nitrogens with zero attached hydrogens (tertiary/aromatic N) is 2. The molecule has 1 unspecified atom stereocenters. The van der Waals surface area contributed by atoms with Crippen molar-refractivity contribution >= 4 is 27.5 Å². The minimum absolute atomic E-state index is 0.0395. The summed E-state index contributed by atoms with van der Waals surface area (Å²) in [6.45, 7) is 7.07. The summed E-state index contributed by atoms with van der Waals surface area (Å²) in [4.78, 5) is 4.85. The molecule has 0 aliphatic carbocycles. The summed E-state index contributed by atoms with van der Waals surface area (Å²) >= 11 is 5.03. The third kappa shape index (κ3) is 4.17. The summed E-state index contributed by atoms with van der Waals surface area (Å²) in [7, 11) is 1.70. The second-order valence-corrected chi connectivity index (χ2v) is 6.65. The lowest BCUT2D eigenvalue weighted by Gasteiger charge is -2.12. The standard InChI is InChI=1S/C10H17BrN2OS/c1-10(2,3)9-12-8(15-13-9)5-7(11)6-14-4/h7H,5-6H2,1-4H3. The maximum absolute atomic E-state index is 5.06. The van der Waals surface area contributed by atoms with E-state index in [0.29, 0.717) is 11.4 Å². The van der Waals surface area contributed by atoms with Gasteiger partial charge >= 0.3 is 0 Å². The monoisotopic (exact) mass is 292 g/mol. The third-order valence-electron chi connectivity index (χ3n) is 1.88. The fraction of sp³-hybridized carbons (Fsp3) is 0.800. The van der Waals surface area contributed by atoms with Gasteiger partial charge in [-0.25, -0.2) is 4.98 Å². The Balaban J connectivity index is 2.61. The van der Waals surface area contributed by atoms with Crippen LogP contribution in [0, 0.1) is 0 Å². The van der Waals surface area contributed by atoms with Crippen LogP contribution in [-0.4, -0.2) is 27.9 Å². The zero-order valence-electron chi connectivity index (χ0n) is 9.58. The molecule has 86 valence electrons. The summed E-state index contributed by atoms with van der Waals surface area (Å²) < 4.78 is 9.43. The maximum atomic E-state index is 5.06. The minimum Gasteiger partial charge on any atom is -0.384 e. The number of rotatable bonds is 4. The van der Waals surface area contributed by atoms with E-state index in [1.165, 1.54) is 11.5 Å². The molecule has 1 aromatic rings. The second kappa shape index (κ2) is 5.37. The van der Waals surface area contributed by atoms with E-state index in [0.717, 1.165) is 17.3 Å². The topological polar surface area (TPSA) is 35.0 Å². The van der Waals surface area contributed by atoms with Crippen LogP contribution in [0.5, 0.6) is 0 Å². The summed E-state index contributed by atoms with van der Waals surface area (Å²) in [5.74, 6) is 0.930. The van der Waals surface area contributed by atoms with Crippen molar-refractivity contribution in [2.24, 2.45) is 0 Å². The first kappa shape index (κ1) is 13.1. The minimum atomic E-state index is 0.0395. The lowest BCUT2D eigenvalue weighted by molar-refractivity contribution is 0.200. The number of alkyl halides is 1. The molecule has 1 atom stereocenters. The van der Waals surface area contributed by atoms with Crippen LogP contribution in [0.25, 0.3) is 0 Å². The van der Waals surface area contributed by atoms with Crippen molar-refractivity contribution in [1.82, 2.24) is 9.36 Å². The Hall–Kier alpha value is -0.0000000000000000278. The molecule has 1 aromatic heterocycles. The summed E-state index contributed by atoms with van der Waals surface area (Å²) in [6, 6.07) is 0. The Kier molecular flexibility index (Phi) is 4.67. The zero-order valence-corrected chi connectivity index (χ0v) is 12.0. The van der Waals surface area contributed by atoms with Crippen LogP contribution in [0.2, 0.25) is 0 Å². The van der Waals surface area contributed by atoms with Crippen molar-refractivity contribution in [3.05, 3.63) is 10.8 Å². The lowest BCUT2D eigenvalue weighted by Crippen LogP contribution is -2.14. The van der Waals surface area contributed by atoms with Crippen molar-refractivity contribution in [1.29, 1.82) is 0 Å². The average Bonchev–Trinajstić information content (AvgIpc) is 2.52. The predicted octanol–water partition coefficient (Wildman–Crippen LogP) is 2.79. The van der Waals surface area contributed by atoms with Gasteiger partial charge in [0, 0.05) is 23.8 Å². The number of hydrogen-bond acceptors (Lipinski definition) is 4. The van der Waals surface area contributed by atoms with Crippen LogP contribution < -0.4 is 0 Å². The predicted molar refractivity (Wildman–Crippen MR) is 66.9 cm³/mol. The second-order valence-electron chi connectivity index (χ2n) is 4.52. The van der Waals surface area contributed by atoms with Crippen molar-refractivity contribution in [2.75, 3.05) is 13.7 Å². The summed E-state index contributed by atoms with van der Waals surface area (Å²) in [6.07, 6.45) is 0.877. The molecule has 0 amide bonds. The molecule has 5 heteroatoms. The highest BCUT2D eigenvalue weighted by Gasteiger charge is 2.20. The number of hydrogen-bond donors (Lipinski definition) is 0. The van der Waals surface area contributed by atoms with Gasteiger partial charge in [0.05, 0.1) is 6.61 Å². The van der Waals surface area contributed by atoms with Crippen LogP contribution in [0.3, 0.4) is 0 Å². The van der Waals surface area contributed by atoms with Crippen molar-refractivity contribution < 1.29 is 4.74 Å². The quantitative estimate of drug-likeness (QED) is 0.801. The molecule has 0 N–H and O–H groups in total. The maximum Gasteiger partial charge on any atom is 0.147 e. The van der Waals surface area contributed by atoms with E-state index < -0.39 is 0 Å². The molecule has 0 spiro atoms. The lowest BCUT2D eigenvalue weighted by atomic mass is 9.96. The Bertz CT molecular complexity index is 309. The van der Waals surface area contributed by atoms with Gasteiger partial charge in [0.25, 0.3) is 0 Å². The van der Waals surface area contributed by atoms with Crippen LogP contribution in [0.4, 0.5) is 0 Å². The van der Waals surface area contributed by atoms with Crippen LogP contribution >= 0.6 is 27.5 Å². The molecule has 0 saturated heterocycles. The van der Waals surface area contributed by atoms with E-state index in [1.54, 1.807) is 7.11 Å². The number of halogens is 1. The molecule has 0 aliphatic rings. The Labute approximate surface area is 104 Å². The van der Waals surface area contributed by atoms with Gasteiger partial charge in [-0.3, -0.25) is 0 Å². The molecule has 0 aliphatic heterocycles. The molecule has 1 rings (SSSR count). The molecular formula is C10H17BrN2OS. The first-order valence-corrected chi connectivity index (χ1v) is 6.58. The highest BCUT2D eigenvalue weighted by Crippen LogP contribution is 2.22. The normalized spacial score (nSPS) is 14.2. The summed E-state index contributed by atoms with van der Waals surface area (Å²) in [5.41, 5.74) is 0.0395. The van der Waals surface area contributed by atoms with Crippen molar-refractivity contribution in [3.63, 3.8) is 0 Å². The first-order chi connectivity index (χ1) is 6.93. The molecule has 0 radical (unpaired) electrons. The Morgan fingerprint density at radius 2 is 2.13 bits per heavy atom. The fourth-order valence-electron chi connectivity index (χ4n) is 1.07. The van der Waals surface area contributed by atoms with Crippen LogP contribution in [0.15, 0.2) is 0 Å². The Morgan fingerprint density at radius 1 is 1.47 bits per heavy atom.